The highest BCUT2D eigenvalue weighted by molar-refractivity contribution is 6.30. The van der Waals surface area contributed by atoms with Gasteiger partial charge >= 0.3 is 12.1 Å². The van der Waals surface area contributed by atoms with E-state index in [-0.39, 0.29) is 25.0 Å². The Morgan fingerprint density at radius 1 is 1.37 bits per heavy atom. The normalized spacial score (nSPS) is 11.5. The van der Waals surface area contributed by atoms with E-state index < -0.39 is 28.5 Å². The lowest BCUT2D eigenvalue weighted by Gasteiger charge is -2.11. The second-order valence-corrected chi connectivity index (χ2v) is 4.14. The molecule has 0 radical (unpaired) electrons. The summed E-state index contributed by atoms with van der Waals surface area (Å²) < 4.78 is 55.7. The molecule has 0 aliphatic heterocycles. The predicted octanol–water partition coefficient (Wildman–Crippen LogP) is 3.99. The summed E-state index contributed by atoms with van der Waals surface area (Å²) in [5.74, 6) is -1.55. The Bertz CT molecular complexity index is 472. The Balaban J connectivity index is 2.94. The van der Waals surface area contributed by atoms with E-state index in [1.165, 1.54) is 0 Å². The Morgan fingerprint density at radius 2 is 2.00 bits per heavy atom. The molecule has 19 heavy (non-hydrogen) atoms. The molecule has 0 bridgehead atoms. The summed E-state index contributed by atoms with van der Waals surface area (Å²) in [4.78, 5) is 11.1. The maximum atomic E-state index is 13.6. The molecule has 0 fully saturated rings. The first kappa shape index (κ1) is 15.8. The van der Waals surface area contributed by atoms with Crippen LogP contribution < -0.4 is 0 Å². The van der Waals surface area contributed by atoms with E-state index in [1.807, 2.05) is 0 Å². The smallest absolute Gasteiger partial charge is 0.416 e. The molecule has 1 rings (SSSR count). The van der Waals surface area contributed by atoms with Crippen LogP contribution in [0.4, 0.5) is 17.6 Å². The second kappa shape index (κ2) is 6.23. The lowest BCUT2D eigenvalue weighted by Crippen LogP contribution is -2.09. The van der Waals surface area contributed by atoms with Crippen LogP contribution in [0.1, 0.15) is 24.5 Å². The van der Waals surface area contributed by atoms with Gasteiger partial charge < -0.3 is 4.74 Å². The van der Waals surface area contributed by atoms with Gasteiger partial charge in [0.05, 0.1) is 17.2 Å². The van der Waals surface area contributed by atoms with E-state index in [4.69, 9.17) is 11.6 Å². The monoisotopic (exact) mass is 298 g/mol. The third kappa shape index (κ3) is 4.38. The van der Waals surface area contributed by atoms with Gasteiger partial charge in [0.25, 0.3) is 0 Å². The molecule has 2 nitrogen and oxygen atoms in total. The van der Waals surface area contributed by atoms with Crippen LogP contribution >= 0.6 is 11.6 Å². The lowest BCUT2D eigenvalue weighted by molar-refractivity contribution is -0.143. The van der Waals surface area contributed by atoms with E-state index in [0.717, 1.165) is 0 Å². The largest absolute Gasteiger partial charge is 0.466 e. The van der Waals surface area contributed by atoms with Gasteiger partial charge in [-0.2, -0.15) is 13.2 Å². The Labute approximate surface area is 112 Å². The molecule has 0 spiro atoms. The van der Waals surface area contributed by atoms with Gasteiger partial charge in [-0.25, -0.2) is 4.39 Å². The molecule has 0 atom stereocenters. The Morgan fingerprint density at radius 3 is 2.53 bits per heavy atom. The van der Waals surface area contributed by atoms with Crippen LogP contribution in [0.5, 0.6) is 0 Å². The molecule has 0 N–H and O–H groups in total. The van der Waals surface area contributed by atoms with Crippen molar-refractivity contribution in [2.75, 3.05) is 6.61 Å². The van der Waals surface area contributed by atoms with Gasteiger partial charge in [0.15, 0.2) is 0 Å². The number of carbonyl (C=O) groups excluding carboxylic acids is 1. The van der Waals surface area contributed by atoms with Crippen molar-refractivity contribution in [3.63, 3.8) is 0 Å². The molecule has 0 unspecified atom stereocenters. The van der Waals surface area contributed by atoms with Gasteiger partial charge in [-0.1, -0.05) is 11.6 Å². The molecule has 0 heterocycles. The predicted molar refractivity (Wildman–Crippen MR) is 61.4 cm³/mol. The lowest BCUT2D eigenvalue weighted by atomic mass is 10.1. The fraction of sp³-hybridized carbons (Fsp3) is 0.417. The van der Waals surface area contributed by atoms with E-state index in [2.05, 4.69) is 4.74 Å². The van der Waals surface area contributed by atoms with E-state index in [0.29, 0.717) is 12.1 Å². The number of ether oxygens (including phenoxy) is 1. The number of carbonyl (C=O) groups is 1. The van der Waals surface area contributed by atoms with Crippen molar-refractivity contribution in [1.82, 2.24) is 0 Å². The van der Waals surface area contributed by atoms with Crippen LogP contribution in [0.25, 0.3) is 0 Å². The summed E-state index contributed by atoms with van der Waals surface area (Å²) >= 11 is 5.41. The third-order valence-corrected chi connectivity index (χ3v) is 2.61. The number of benzene rings is 1. The molecule has 0 saturated heterocycles. The van der Waals surface area contributed by atoms with Crippen LogP contribution in [-0.4, -0.2) is 12.6 Å². The average Bonchev–Trinajstić information content (AvgIpc) is 2.30. The molecular formula is C12H11ClF4O2. The summed E-state index contributed by atoms with van der Waals surface area (Å²) in [5.41, 5.74) is -1.30. The summed E-state index contributed by atoms with van der Waals surface area (Å²) in [5, 5.41) is -0.617. The van der Waals surface area contributed by atoms with Gasteiger partial charge in [0, 0.05) is 6.42 Å². The first-order chi connectivity index (χ1) is 8.75. The van der Waals surface area contributed by atoms with Crippen molar-refractivity contribution in [3.8, 4) is 0 Å². The topological polar surface area (TPSA) is 26.3 Å². The van der Waals surface area contributed by atoms with Crippen LogP contribution in [0.3, 0.4) is 0 Å². The van der Waals surface area contributed by atoms with Crippen molar-refractivity contribution in [2.24, 2.45) is 0 Å². The van der Waals surface area contributed by atoms with Gasteiger partial charge in [0.1, 0.15) is 5.82 Å². The molecule has 0 aliphatic rings. The molecule has 0 aromatic heterocycles. The summed E-state index contributed by atoms with van der Waals surface area (Å²) in [6.45, 7) is 1.75. The van der Waals surface area contributed by atoms with Gasteiger partial charge in [-0.3, -0.25) is 4.79 Å². The number of esters is 1. The maximum Gasteiger partial charge on any atom is 0.416 e. The second-order valence-electron chi connectivity index (χ2n) is 3.73. The SMILES string of the molecule is CCOC(=O)CCc1cc(C(F)(F)F)cc(Cl)c1F. The molecule has 0 saturated carbocycles. The van der Waals surface area contributed by atoms with Crippen LogP contribution in [-0.2, 0) is 22.1 Å². The fourth-order valence-corrected chi connectivity index (χ4v) is 1.70. The number of alkyl halides is 3. The average molecular weight is 299 g/mol. The van der Waals surface area contributed by atoms with Gasteiger partial charge in [-0.05, 0) is 31.0 Å². The number of rotatable bonds is 4. The third-order valence-electron chi connectivity index (χ3n) is 2.33. The van der Waals surface area contributed by atoms with Gasteiger partial charge in [0.2, 0.25) is 0 Å². The zero-order chi connectivity index (χ0) is 14.6. The summed E-state index contributed by atoms with van der Waals surface area (Å²) in [6.07, 6.45) is -5.02. The van der Waals surface area contributed by atoms with Crippen molar-refractivity contribution in [1.29, 1.82) is 0 Å². The van der Waals surface area contributed by atoms with E-state index in [9.17, 15) is 22.4 Å². The molecule has 0 aliphatic carbocycles. The number of aryl methyl sites for hydroxylation is 1. The Kier molecular flexibility index (Phi) is 5.17. The van der Waals surface area contributed by atoms with Crippen molar-refractivity contribution < 1.29 is 27.1 Å². The highest BCUT2D eigenvalue weighted by Crippen LogP contribution is 2.33. The number of hydrogen-bond donors (Lipinski definition) is 0. The maximum absolute atomic E-state index is 13.6. The van der Waals surface area contributed by atoms with Crippen LogP contribution in [0.2, 0.25) is 5.02 Å². The highest BCUT2D eigenvalue weighted by atomic mass is 35.5. The molecule has 1 aromatic rings. The van der Waals surface area contributed by atoms with Crippen molar-refractivity contribution in [3.05, 3.63) is 34.1 Å². The summed E-state index contributed by atoms with van der Waals surface area (Å²) in [7, 11) is 0. The minimum atomic E-state index is -4.62. The zero-order valence-corrected chi connectivity index (χ0v) is 10.7. The van der Waals surface area contributed by atoms with E-state index in [1.54, 1.807) is 6.92 Å². The zero-order valence-electron chi connectivity index (χ0n) is 9.98. The fourth-order valence-electron chi connectivity index (χ4n) is 1.46. The molecule has 1 aromatic carbocycles. The van der Waals surface area contributed by atoms with Crippen molar-refractivity contribution >= 4 is 17.6 Å². The first-order valence-corrected chi connectivity index (χ1v) is 5.84. The molecule has 0 amide bonds. The van der Waals surface area contributed by atoms with Gasteiger partial charge in [-0.15, -0.1) is 0 Å². The van der Waals surface area contributed by atoms with Crippen molar-refractivity contribution in [2.45, 2.75) is 25.9 Å². The first-order valence-electron chi connectivity index (χ1n) is 5.46. The highest BCUT2D eigenvalue weighted by Gasteiger charge is 2.32. The molecule has 7 heteroatoms. The minimum Gasteiger partial charge on any atom is -0.466 e. The van der Waals surface area contributed by atoms with E-state index >= 15 is 0 Å². The standard InChI is InChI=1S/C12H11ClF4O2/c1-2-19-10(18)4-3-7-5-8(12(15,16)17)6-9(13)11(7)14/h5-6H,2-4H2,1H3. The molecular weight excluding hydrogens is 288 g/mol. The summed E-state index contributed by atoms with van der Waals surface area (Å²) in [6, 6.07) is 1.17. The van der Waals surface area contributed by atoms with Crippen LogP contribution in [0, 0.1) is 5.82 Å². The number of hydrogen-bond acceptors (Lipinski definition) is 2. The minimum absolute atomic E-state index is 0.157. The number of halogens is 5. The molecule has 106 valence electrons. The van der Waals surface area contributed by atoms with Crippen LogP contribution in [0.15, 0.2) is 12.1 Å². The Hall–Kier alpha value is -1.30. The quantitative estimate of drug-likeness (QED) is 0.620.